The third-order valence-electron chi connectivity index (χ3n) is 2.47. The summed E-state index contributed by atoms with van der Waals surface area (Å²) in [5.74, 6) is -3.95. The quantitative estimate of drug-likeness (QED) is 0.646. The van der Waals surface area contributed by atoms with E-state index in [0.717, 1.165) is 0 Å². The maximum atomic E-state index is 11.4. The molecule has 4 heteroatoms. The average molecular weight is 204 g/mol. The van der Waals surface area contributed by atoms with Gasteiger partial charge in [0.25, 0.3) is 5.78 Å². The number of rotatable bonds is 1. The minimum Gasteiger partial charge on any atom is -0.384 e. The highest BCUT2D eigenvalue weighted by Gasteiger charge is 2.48. The lowest BCUT2D eigenvalue weighted by molar-refractivity contribution is -0.141. The van der Waals surface area contributed by atoms with Crippen LogP contribution in [0.25, 0.3) is 0 Å². The lowest BCUT2D eigenvalue weighted by Gasteiger charge is -2.10. The summed E-state index contributed by atoms with van der Waals surface area (Å²) in [6.07, 6.45) is -1.52. The predicted octanol–water partition coefficient (Wildman–Crippen LogP) is -0.148. The molecule has 2 atom stereocenters. The SMILES string of the molecule is O=C1C(=O)C(O)C(c2ccccc2)C1=O. The molecule has 4 nitrogen and oxygen atoms in total. The maximum Gasteiger partial charge on any atom is 0.267 e. The van der Waals surface area contributed by atoms with Crippen LogP contribution in [-0.4, -0.2) is 28.6 Å². The number of hydrogen-bond donors (Lipinski definition) is 1. The molecule has 0 radical (unpaired) electrons. The summed E-state index contributed by atoms with van der Waals surface area (Å²) in [5, 5.41) is 9.46. The van der Waals surface area contributed by atoms with Crippen molar-refractivity contribution in [1.82, 2.24) is 0 Å². The van der Waals surface area contributed by atoms with Crippen LogP contribution in [0.1, 0.15) is 11.5 Å². The first-order chi connectivity index (χ1) is 7.13. The van der Waals surface area contributed by atoms with Crippen molar-refractivity contribution in [3.05, 3.63) is 35.9 Å². The van der Waals surface area contributed by atoms with E-state index >= 15 is 0 Å². The van der Waals surface area contributed by atoms with Crippen LogP contribution < -0.4 is 0 Å². The standard InChI is InChI=1S/C11H8O4/c12-8-7(6-4-2-1-3-5-6)9(13)11(15)10(8)14/h1-5,7-8,12H. The van der Waals surface area contributed by atoms with E-state index in [2.05, 4.69) is 0 Å². The lowest BCUT2D eigenvalue weighted by atomic mass is 9.95. The molecule has 2 unspecified atom stereocenters. The maximum absolute atomic E-state index is 11.4. The number of benzene rings is 1. The number of carbonyl (C=O) groups excluding carboxylic acids is 3. The van der Waals surface area contributed by atoms with Crippen molar-refractivity contribution in [3.8, 4) is 0 Å². The van der Waals surface area contributed by atoms with Gasteiger partial charge in [-0.05, 0) is 5.56 Å². The third kappa shape index (κ3) is 1.39. The number of aliphatic hydroxyl groups is 1. The summed E-state index contributed by atoms with van der Waals surface area (Å²) in [5.41, 5.74) is 0.495. The van der Waals surface area contributed by atoms with E-state index in [4.69, 9.17) is 0 Å². The number of Topliss-reactive ketones (excluding diaryl/α,β-unsaturated/α-hetero) is 3. The fourth-order valence-electron chi connectivity index (χ4n) is 1.69. The summed E-state index contributed by atoms with van der Waals surface area (Å²) in [6, 6.07) is 8.33. The third-order valence-corrected chi connectivity index (χ3v) is 2.47. The second kappa shape index (κ2) is 3.40. The van der Waals surface area contributed by atoms with Gasteiger partial charge in [0.15, 0.2) is 0 Å². The largest absolute Gasteiger partial charge is 0.384 e. The van der Waals surface area contributed by atoms with Crippen LogP contribution in [0.4, 0.5) is 0 Å². The van der Waals surface area contributed by atoms with Crippen LogP contribution in [0, 0.1) is 0 Å². The molecule has 0 aromatic heterocycles. The first kappa shape index (κ1) is 9.73. The minimum absolute atomic E-state index is 0.495. The van der Waals surface area contributed by atoms with Gasteiger partial charge in [0.1, 0.15) is 6.10 Å². The normalized spacial score (nSPS) is 26.1. The van der Waals surface area contributed by atoms with Gasteiger partial charge < -0.3 is 5.11 Å². The number of hydrogen-bond acceptors (Lipinski definition) is 4. The zero-order valence-corrected chi connectivity index (χ0v) is 7.71. The van der Waals surface area contributed by atoms with Crippen molar-refractivity contribution in [2.75, 3.05) is 0 Å². The van der Waals surface area contributed by atoms with Crippen LogP contribution in [0.15, 0.2) is 30.3 Å². The highest BCUT2D eigenvalue weighted by Crippen LogP contribution is 2.27. The van der Waals surface area contributed by atoms with E-state index in [9.17, 15) is 19.5 Å². The molecule has 0 bridgehead atoms. The van der Waals surface area contributed by atoms with Crippen molar-refractivity contribution in [3.63, 3.8) is 0 Å². The number of carbonyl (C=O) groups is 3. The summed E-state index contributed by atoms with van der Waals surface area (Å²) >= 11 is 0. The molecule has 1 aliphatic rings. The van der Waals surface area contributed by atoms with Gasteiger partial charge in [0.2, 0.25) is 11.6 Å². The molecular formula is C11H8O4. The fourth-order valence-corrected chi connectivity index (χ4v) is 1.69. The van der Waals surface area contributed by atoms with E-state index in [1.165, 1.54) is 0 Å². The topological polar surface area (TPSA) is 71.4 Å². The molecule has 1 N–H and O–H groups in total. The van der Waals surface area contributed by atoms with Crippen molar-refractivity contribution < 1.29 is 19.5 Å². The molecule has 0 aliphatic heterocycles. The number of aliphatic hydroxyl groups excluding tert-OH is 1. The Labute approximate surface area is 85.5 Å². The smallest absolute Gasteiger partial charge is 0.267 e. The molecule has 0 spiro atoms. The summed E-state index contributed by atoms with van der Waals surface area (Å²) in [6.45, 7) is 0. The first-order valence-corrected chi connectivity index (χ1v) is 4.48. The molecule has 2 rings (SSSR count). The molecule has 1 saturated carbocycles. The zero-order chi connectivity index (χ0) is 11.0. The van der Waals surface area contributed by atoms with Gasteiger partial charge in [0, 0.05) is 0 Å². The summed E-state index contributed by atoms with van der Waals surface area (Å²) < 4.78 is 0. The molecule has 0 saturated heterocycles. The monoisotopic (exact) mass is 204 g/mol. The Bertz CT molecular complexity index is 435. The minimum atomic E-state index is -1.52. The summed E-state index contributed by atoms with van der Waals surface area (Å²) in [7, 11) is 0. The molecule has 76 valence electrons. The highest BCUT2D eigenvalue weighted by molar-refractivity contribution is 6.69. The lowest BCUT2D eigenvalue weighted by Crippen LogP contribution is -2.21. The van der Waals surface area contributed by atoms with Crippen LogP contribution >= 0.6 is 0 Å². The summed E-state index contributed by atoms with van der Waals surface area (Å²) in [4.78, 5) is 33.5. The van der Waals surface area contributed by atoms with E-state index in [-0.39, 0.29) is 0 Å². The predicted molar refractivity (Wildman–Crippen MR) is 50.2 cm³/mol. The zero-order valence-electron chi connectivity index (χ0n) is 7.71. The Kier molecular flexibility index (Phi) is 2.21. The van der Waals surface area contributed by atoms with Gasteiger partial charge >= 0.3 is 0 Å². The van der Waals surface area contributed by atoms with Gasteiger partial charge in [-0.3, -0.25) is 14.4 Å². The second-order valence-electron chi connectivity index (χ2n) is 3.39. The van der Waals surface area contributed by atoms with Crippen LogP contribution in [-0.2, 0) is 14.4 Å². The molecule has 0 amide bonds. The Hall–Kier alpha value is -1.81. The molecular weight excluding hydrogens is 196 g/mol. The Balaban J connectivity index is 2.43. The Morgan fingerprint density at radius 3 is 2.00 bits per heavy atom. The van der Waals surface area contributed by atoms with Crippen LogP contribution in [0.5, 0.6) is 0 Å². The molecule has 0 heterocycles. The molecule has 15 heavy (non-hydrogen) atoms. The van der Waals surface area contributed by atoms with E-state index in [1.54, 1.807) is 30.3 Å². The van der Waals surface area contributed by atoms with Crippen molar-refractivity contribution in [2.24, 2.45) is 0 Å². The Morgan fingerprint density at radius 2 is 1.53 bits per heavy atom. The van der Waals surface area contributed by atoms with Crippen molar-refractivity contribution >= 4 is 17.3 Å². The molecule has 1 aliphatic carbocycles. The van der Waals surface area contributed by atoms with Gasteiger partial charge in [-0.25, -0.2) is 0 Å². The second-order valence-corrected chi connectivity index (χ2v) is 3.39. The van der Waals surface area contributed by atoms with E-state index < -0.39 is 29.4 Å². The Morgan fingerprint density at radius 1 is 0.933 bits per heavy atom. The van der Waals surface area contributed by atoms with E-state index in [1.807, 2.05) is 0 Å². The molecule has 1 aromatic carbocycles. The molecule has 1 aromatic rings. The van der Waals surface area contributed by atoms with E-state index in [0.29, 0.717) is 5.56 Å². The first-order valence-electron chi connectivity index (χ1n) is 4.48. The van der Waals surface area contributed by atoms with Gasteiger partial charge in [-0.2, -0.15) is 0 Å². The fraction of sp³-hybridized carbons (Fsp3) is 0.182. The van der Waals surface area contributed by atoms with Crippen molar-refractivity contribution in [1.29, 1.82) is 0 Å². The van der Waals surface area contributed by atoms with Crippen LogP contribution in [0.2, 0.25) is 0 Å². The van der Waals surface area contributed by atoms with Gasteiger partial charge in [-0.15, -0.1) is 0 Å². The average Bonchev–Trinajstić information content (AvgIpc) is 2.45. The highest BCUT2D eigenvalue weighted by atomic mass is 16.3. The van der Waals surface area contributed by atoms with Gasteiger partial charge in [0.05, 0.1) is 5.92 Å². The van der Waals surface area contributed by atoms with Crippen molar-refractivity contribution in [2.45, 2.75) is 12.0 Å². The number of ketones is 3. The molecule has 1 fully saturated rings. The van der Waals surface area contributed by atoms with Gasteiger partial charge in [-0.1, -0.05) is 30.3 Å². The van der Waals surface area contributed by atoms with Crippen LogP contribution in [0.3, 0.4) is 0 Å².